The number of hydrogen-bond donors (Lipinski definition) is 2. The summed E-state index contributed by atoms with van der Waals surface area (Å²) < 4.78 is 0. The van der Waals surface area contributed by atoms with E-state index in [4.69, 9.17) is 0 Å². The Morgan fingerprint density at radius 1 is 1.32 bits per heavy atom. The first-order chi connectivity index (χ1) is 11.7. The molecule has 0 spiro atoms. The first-order valence-electron chi connectivity index (χ1n) is 8.58. The molecule has 3 rings (SSSR count). The Balaban J connectivity index is 2.03. The fraction of sp³-hybridized carbons (Fsp3) is 0.476. The molecule has 1 heterocycles. The van der Waals surface area contributed by atoms with Crippen LogP contribution in [0.25, 0.3) is 0 Å². The zero-order valence-electron chi connectivity index (χ0n) is 14.9. The van der Waals surface area contributed by atoms with Gasteiger partial charge in [0.15, 0.2) is 0 Å². The van der Waals surface area contributed by atoms with Crippen LogP contribution in [-0.2, 0) is 15.8 Å². The molecule has 0 aromatic heterocycles. The minimum absolute atomic E-state index is 0.0690. The lowest BCUT2D eigenvalue weighted by Crippen LogP contribution is -2.41. The molecule has 2 unspecified atom stereocenters. The highest BCUT2D eigenvalue weighted by Crippen LogP contribution is 2.47. The minimum atomic E-state index is -1.33. The van der Waals surface area contributed by atoms with Gasteiger partial charge in [-0.25, -0.2) is 0 Å². The van der Waals surface area contributed by atoms with Gasteiger partial charge in [0, 0.05) is 11.3 Å². The quantitative estimate of drug-likeness (QED) is 0.619. The lowest BCUT2D eigenvalue weighted by atomic mass is 9.69. The molecular weight excluding hydrogens is 332 g/mol. The van der Waals surface area contributed by atoms with Crippen LogP contribution in [0.5, 0.6) is 0 Å². The van der Waals surface area contributed by atoms with Crippen molar-refractivity contribution in [3.63, 3.8) is 0 Å². The van der Waals surface area contributed by atoms with Gasteiger partial charge in [-0.2, -0.15) is 0 Å². The van der Waals surface area contributed by atoms with Gasteiger partial charge in [-0.3, -0.25) is 4.79 Å². The summed E-state index contributed by atoms with van der Waals surface area (Å²) in [5.74, 6) is 5.56. The molecule has 1 aromatic rings. The van der Waals surface area contributed by atoms with E-state index in [9.17, 15) is 15.0 Å². The summed E-state index contributed by atoms with van der Waals surface area (Å²) in [6, 6.07) is 6.10. The summed E-state index contributed by atoms with van der Waals surface area (Å²) in [6.45, 7) is 6.12. The monoisotopic (exact) mass is 356 g/mol. The lowest BCUT2D eigenvalue weighted by Gasteiger charge is -2.38. The maximum Gasteiger partial charge on any atom is 0.325 e. The van der Waals surface area contributed by atoms with E-state index in [1.165, 1.54) is 10.5 Å². The number of rotatable bonds is 2. The van der Waals surface area contributed by atoms with Crippen LogP contribution in [0.3, 0.4) is 0 Å². The maximum absolute atomic E-state index is 11.8. The van der Waals surface area contributed by atoms with Crippen LogP contribution in [0, 0.1) is 17.3 Å². The van der Waals surface area contributed by atoms with Gasteiger partial charge < -0.3 is 10.2 Å². The van der Waals surface area contributed by atoms with E-state index < -0.39 is 17.0 Å². The molecule has 3 nitrogen and oxygen atoms in total. The zero-order chi connectivity index (χ0) is 18.3. The highest BCUT2D eigenvalue weighted by atomic mass is 32.2. The van der Waals surface area contributed by atoms with Gasteiger partial charge in [0.25, 0.3) is 0 Å². The van der Waals surface area contributed by atoms with Gasteiger partial charge in [0.1, 0.15) is 5.41 Å². The third kappa shape index (κ3) is 3.12. The van der Waals surface area contributed by atoms with E-state index in [1.54, 1.807) is 19.1 Å². The highest BCUT2D eigenvalue weighted by Gasteiger charge is 2.46. The van der Waals surface area contributed by atoms with Crippen molar-refractivity contribution in [2.75, 3.05) is 5.75 Å². The molecule has 2 N–H and O–H groups in total. The summed E-state index contributed by atoms with van der Waals surface area (Å²) in [5, 5.41) is 21.0. The molecule has 0 saturated carbocycles. The molecule has 1 aromatic carbocycles. The first-order valence-corrected chi connectivity index (χ1v) is 9.56. The lowest BCUT2D eigenvalue weighted by molar-refractivity contribution is -0.147. The number of hydrogen-bond acceptors (Lipinski definition) is 3. The van der Waals surface area contributed by atoms with Gasteiger partial charge in [0.2, 0.25) is 0 Å². The van der Waals surface area contributed by atoms with E-state index in [1.807, 2.05) is 23.9 Å². The van der Waals surface area contributed by atoms with E-state index in [2.05, 4.69) is 31.8 Å². The number of carbonyl (C=O) groups is 1. The number of thioether (sulfide) groups is 1. The van der Waals surface area contributed by atoms with Crippen molar-refractivity contribution in [1.29, 1.82) is 0 Å². The average molecular weight is 356 g/mol. The molecule has 1 aliphatic carbocycles. The zero-order valence-corrected chi connectivity index (χ0v) is 15.7. The van der Waals surface area contributed by atoms with Gasteiger partial charge in [-0.1, -0.05) is 44.1 Å². The smallest absolute Gasteiger partial charge is 0.325 e. The van der Waals surface area contributed by atoms with Crippen LogP contribution in [0.15, 0.2) is 35.2 Å². The Labute approximate surface area is 153 Å². The maximum atomic E-state index is 11.8. The number of fused-ring (bicyclic) bond motifs is 1. The van der Waals surface area contributed by atoms with Crippen LogP contribution >= 0.6 is 11.8 Å². The molecule has 0 saturated heterocycles. The number of carboxylic acid groups (broad SMARTS) is 1. The van der Waals surface area contributed by atoms with E-state index in [0.29, 0.717) is 6.42 Å². The van der Waals surface area contributed by atoms with Crippen LogP contribution in [0.4, 0.5) is 0 Å². The van der Waals surface area contributed by atoms with Crippen LogP contribution in [-0.4, -0.2) is 21.9 Å². The fourth-order valence-electron chi connectivity index (χ4n) is 3.82. The summed E-state index contributed by atoms with van der Waals surface area (Å²) in [7, 11) is 0. The normalized spacial score (nSPS) is 30.1. The summed E-state index contributed by atoms with van der Waals surface area (Å²) >= 11 is 1.81. The topological polar surface area (TPSA) is 57.5 Å². The van der Waals surface area contributed by atoms with Crippen LogP contribution in [0.2, 0.25) is 0 Å². The molecule has 0 fully saturated rings. The second-order valence-electron chi connectivity index (χ2n) is 7.66. The van der Waals surface area contributed by atoms with Gasteiger partial charge >= 0.3 is 5.97 Å². The fourth-order valence-corrected chi connectivity index (χ4v) is 5.36. The summed E-state index contributed by atoms with van der Waals surface area (Å²) in [4.78, 5) is 13.0. The molecule has 25 heavy (non-hydrogen) atoms. The second kappa shape index (κ2) is 6.23. The Morgan fingerprint density at radius 3 is 2.76 bits per heavy atom. The van der Waals surface area contributed by atoms with Gasteiger partial charge in [-0.15, -0.1) is 17.7 Å². The Bertz CT molecular complexity index is 799. The molecule has 0 amide bonds. The van der Waals surface area contributed by atoms with Crippen molar-refractivity contribution in [2.24, 2.45) is 5.41 Å². The van der Waals surface area contributed by atoms with Crippen molar-refractivity contribution in [2.45, 2.75) is 55.9 Å². The molecule has 4 heteroatoms. The highest BCUT2D eigenvalue weighted by molar-refractivity contribution is 7.99. The Hall–Kier alpha value is -1.70. The minimum Gasteiger partial charge on any atom is -0.480 e. The van der Waals surface area contributed by atoms with Crippen LogP contribution < -0.4 is 0 Å². The third-order valence-corrected chi connectivity index (χ3v) is 6.45. The van der Waals surface area contributed by atoms with Gasteiger partial charge in [-0.05, 0) is 48.1 Å². The molecule has 0 radical (unpaired) electrons. The van der Waals surface area contributed by atoms with Crippen molar-refractivity contribution in [3.8, 4) is 11.8 Å². The van der Waals surface area contributed by atoms with Crippen molar-refractivity contribution >= 4 is 17.7 Å². The second-order valence-corrected chi connectivity index (χ2v) is 8.80. The van der Waals surface area contributed by atoms with Crippen molar-refractivity contribution < 1.29 is 15.0 Å². The Morgan fingerprint density at radius 2 is 2.08 bits per heavy atom. The first kappa shape index (κ1) is 18.1. The number of benzene rings is 1. The van der Waals surface area contributed by atoms with E-state index in [0.717, 1.165) is 17.7 Å². The SMILES string of the molecule is CC#CC1(C(=O)O)C=CCC(O)(c2ccc3c(c2)SCCC3(C)C)C1. The number of aliphatic carboxylic acids is 1. The predicted octanol–water partition coefficient (Wildman–Crippen LogP) is 4.09. The molecule has 2 atom stereocenters. The standard InChI is InChI=1S/C21H24O3S/c1-4-8-20(18(22)23)9-5-10-21(24,14-20)15-6-7-16-17(13-15)25-12-11-19(16,2)3/h5-7,9,13,24H,10-12,14H2,1-3H3,(H,22,23). The molecule has 2 aliphatic rings. The molecule has 1 aliphatic heterocycles. The molecule has 132 valence electrons. The number of aliphatic hydroxyl groups is 1. The third-order valence-electron chi connectivity index (χ3n) is 5.39. The van der Waals surface area contributed by atoms with E-state index in [-0.39, 0.29) is 11.8 Å². The van der Waals surface area contributed by atoms with Gasteiger partial charge in [0.05, 0.1) is 5.60 Å². The Kier molecular flexibility index (Phi) is 4.51. The van der Waals surface area contributed by atoms with Crippen molar-refractivity contribution in [1.82, 2.24) is 0 Å². The number of carboxylic acids is 1. The van der Waals surface area contributed by atoms with E-state index >= 15 is 0 Å². The predicted molar refractivity (Wildman–Crippen MR) is 101 cm³/mol. The average Bonchev–Trinajstić information content (AvgIpc) is 2.54. The molecule has 0 bridgehead atoms. The summed E-state index contributed by atoms with van der Waals surface area (Å²) in [6.07, 6.45) is 4.97. The molecular formula is C21H24O3S. The summed E-state index contributed by atoms with van der Waals surface area (Å²) in [5.41, 5.74) is -0.324. The van der Waals surface area contributed by atoms with Crippen LogP contribution in [0.1, 0.15) is 51.2 Å². The largest absolute Gasteiger partial charge is 0.480 e. The van der Waals surface area contributed by atoms with Crippen molar-refractivity contribution in [3.05, 3.63) is 41.5 Å².